The summed E-state index contributed by atoms with van der Waals surface area (Å²) in [4.78, 5) is -2.07. The molecule has 0 aromatic carbocycles. The number of unbranched alkanes of at least 4 members (excludes halogenated alkanes) is 14. The minimum Gasteiger partial charge on any atom is -0.746 e. The molecular formula is C20H41KO4S. The maximum Gasteiger partial charge on any atom is 1.00 e. The average Bonchev–Trinajstić information content (AvgIpc) is 2.57. The second-order valence-corrected chi connectivity index (χ2v) is 9.12. The van der Waals surface area contributed by atoms with Crippen LogP contribution in [0, 0.1) is 0 Å². The predicted octanol–water partition coefficient (Wildman–Crippen LogP) is 2.90. The van der Waals surface area contributed by atoms with Crippen molar-refractivity contribution in [2.75, 3.05) is 0 Å². The molecule has 1 N–H and O–H groups in total. The van der Waals surface area contributed by atoms with E-state index in [0.29, 0.717) is 6.42 Å². The topological polar surface area (TPSA) is 77.4 Å². The molecular weight excluding hydrogens is 375 g/mol. The molecule has 152 valence electrons. The smallest absolute Gasteiger partial charge is 0.746 e. The third-order valence-electron chi connectivity index (χ3n) is 5.19. The van der Waals surface area contributed by atoms with Crippen LogP contribution in [0.2, 0.25) is 0 Å². The molecule has 0 aromatic rings. The first kappa shape index (κ1) is 29.7. The Bertz CT molecular complexity index is 401. The van der Waals surface area contributed by atoms with Gasteiger partial charge in [-0.2, -0.15) is 0 Å². The molecule has 4 nitrogen and oxygen atoms in total. The minimum absolute atomic E-state index is 0. The van der Waals surface area contributed by atoms with Crippen molar-refractivity contribution in [3.63, 3.8) is 0 Å². The Morgan fingerprint density at radius 3 is 1.27 bits per heavy atom. The average molecular weight is 417 g/mol. The van der Waals surface area contributed by atoms with E-state index in [1.807, 2.05) is 0 Å². The van der Waals surface area contributed by atoms with Crippen molar-refractivity contribution >= 4 is 10.1 Å². The molecule has 0 aliphatic carbocycles. The van der Waals surface area contributed by atoms with Gasteiger partial charge in [0.05, 0.1) is 0 Å². The van der Waals surface area contributed by atoms with E-state index in [0.717, 1.165) is 19.3 Å². The van der Waals surface area contributed by atoms with E-state index in [2.05, 4.69) is 6.92 Å². The van der Waals surface area contributed by atoms with Gasteiger partial charge in [0.25, 0.3) is 0 Å². The van der Waals surface area contributed by atoms with E-state index in [-0.39, 0.29) is 64.2 Å². The molecule has 0 rings (SSSR count). The zero-order valence-corrected chi connectivity index (χ0v) is 21.5. The Kier molecular flexibility index (Phi) is 21.2. The van der Waals surface area contributed by atoms with Crippen LogP contribution in [0.3, 0.4) is 0 Å². The number of hydrogen-bond acceptors (Lipinski definition) is 4. The van der Waals surface area contributed by atoms with Crippen LogP contribution in [0.25, 0.3) is 0 Å². The van der Waals surface area contributed by atoms with Crippen LogP contribution in [0.4, 0.5) is 0 Å². The van der Waals surface area contributed by atoms with Gasteiger partial charge in [0, 0.05) is 0 Å². The summed E-state index contributed by atoms with van der Waals surface area (Å²) in [6.45, 7) is 3.79. The summed E-state index contributed by atoms with van der Waals surface area (Å²) in [5.74, 6) is 0. The first-order valence-corrected chi connectivity index (χ1v) is 12.0. The van der Waals surface area contributed by atoms with Crippen molar-refractivity contribution < 1.29 is 69.5 Å². The molecule has 26 heavy (non-hydrogen) atoms. The molecule has 0 fully saturated rings. The molecule has 0 aliphatic heterocycles. The fourth-order valence-corrected chi connectivity index (χ4v) is 4.00. The molecule has 0 saturated carbocycles. The van der Waals surface area contributed by atoms with E-state index in [1.54, 1.807) is 6.92 Å². The van der Waals surface area contributed by atoms with Gasteiger partial charge in [0.2, 0.25) is 0 Å². The first-order chi connectivity index (χ1) is 11.9. The Labute approximate surface area is 205 Å². The molecule has 0 amide bonds. The summed E-state index contributed by atoms with van der Waals surface area (Å²) in [7, 11) is -4.63. The number of rotatable bonds is 18. The normalized spacial score (nSPS) is 14.0. The Balaban J connectivity index is 0. The van der Waals surface area contributed by atoms with Crippen LogP contribution >= 0.6 is 0 Å². The molecule has 0 heterocycles. The van der Waals surface area contributed by atoms with Crippen molar-refractivity contribution in [2.24, 2.45) is 0 Å². The van der Waals surface area contributed by atoms with E-state index in [4.69, 9.17) is 0 Å². The van der Waals surface area contributed by atoms with E-state index >= 15 is 0 Å². The summed E-state index contributed by atoms with van der Waals surface area (Å²) >= 11 is 0. The molecule has 0 spiro atoms. The largest absolute Gasteiger partial charge is 1.00 e. The van der Waals surface area contributed by atoms with Crippen LogP contribution in [0.15, 0.2) is 0 Å². The van der Waals surface area contributed by atoms with E-state index in [1.165, 1.54) is 70.6 Å². The fraction of sp³-hybridized carbons (Fsp3) is 1.00. The van der Waals surface area contributed by atoms with Crippen LogP contribution < -0.4 is 51.4 Å². The van der Waals surface area contributed by atoms with Gasteiger partial charge in [-0.1, -0.05) is 104 Å². The van der Waals surface area contributed by atoms with Crippen LogP contribution in [0.5, 0.6) is 0 Å². The Morgan fingerprint density at radius 1 is 0.692 bits per heavy atom. The molecule has 0 saturated heterocycles. The van der Waals surface area contributed by atoms with Crippen LogP contribution in [0.1, 0.15) is 123 Å². The molecule has 0 bridgehead atoms. The van der Waals surface area contributed by atoms with Gasteiger partial charge in [-0.05, 0) is 19.3 Å². The van der Waals surface area contributed by atoms with Crippen LogP contribution in [-0.2, 0) is 10.1 Å². The van der Waals surface area contributed by atoms with Crippen molar-refractivity contribution in [3.05, 3.63) is 0 Å². The van der Waals surface area contributed by atoms with E-state index < -0.39 is 15.1 Å². The summed E-state index contributed by atoms with van der Waals surface area (Å²) in [5.41, 5.74) is 0. The van der Waals surface area contributed by atoms with Crippen molar-refractivity contribution in [1.82, 2.24) is 0 Å². The van der Waals surface area contributed by atoms with Crippen molar-refractivity contribution in [2.45, 2.75) is 128 Å². The SMILES string of the molecule is CCCCCCCCCCCCCCCCCC(O)(CC)S(=O)(=O)[O-].[K+]. The van der Waals surface area contributed by atoms with Gasteiger partial charge in [-0.15, -0.1) is 0 Å². The zero-order chi connectivity index (χ0) is 19.0. The molecule has 6 heteroatoms. The Morgan fingerprint density at radius 2 is 1.00 bits per heavy atom. The fourth-order valence-electron chi connectivity index (χ4n) is 3.25. The summed E-state index contributed by atoms with van der Waals surface area (Å²) < 4.78 is 33.2. The molecule has 1 atom stereocenters. The van der Waals surface area contributed by atoms with Gasteiger partial charge in [-0.3, -0.25) is 0 Å². The maximum atomic E-state index is 11.1. The third-order valence-corrected chi connectivity index (χ3v) is 6.61. The second-order valence-electron chi connectivity index (χ2n) is 7.45. The summed E-state index contributed by atoms with van der Waals surface area (Å²) in [5, 5.41) is 9.86. The predicted molar refractivity (Wildman–Crippen MR) is 104 cm³/mol. The molecule has 0 aromatic heterocycles. The maximum absolute atomic E-state index is 11.1. The quantitative estimate of drug-likeness (QED) is 0.212. The van der Waals surface area contributed by atoms with Gasteiger partial charge in [0.1, 0.15) is 10.1 Å². The first-order valence-electron chi connectivity index (χ1n) is 10.5. The van der Waals surface area contributed by atoms with Crippen LogP contribution in [-0.4, -0.2) is 23.0 Å². The number of hydrogen-bond donors (Lipinski definition) is 1. The summed E-state index contributed by atoms with van der Waals surface area (Å²) in [6.07, 6.45) is 18.5. The standard InChI is InChI=1S/C20H42O4S.K/c1-3-5-6-7-8-9-10-11-12-13-14-15-16-17-18-19-20(21,4-2)25(22,23)24;/h21H,3-19H2,1-2H3,(H,22,23,24);/q;+1/p-1. The second kappa shape index (κ2) is 18.5. The molecule has 0 aliphatic rings. The summed E-state index contributed by atoms with van der Waals surface area (Å²) in [6, 6.07) is 0. The zero-order valence-electron chi connectivity index (χ0n) is 17.6. The van der Waals surface area contributed by atoms with Gasteiger partial charge in [0.15, 0.2) is 4.93 Å². The number of aliphatic hydroxyl groups is 1. The van der Waals surface area contributed by atoms with E-state index in [9.17, 15) is 18.1 Å². The third kappa shape index (κ3) is 15.4. The van der Waals surface area contributed by atoms with Crippen molar-refractivity contribution in [1.29, 1.82) is 0 Å². The monoisotopic (exact) mass is 416 g/mol. The van der Waals surface area contributed by atoms with Crippen molar-refractivity contribution in [3.8, 4) is 0 Å². The molecule has 1 unspecified atom stereocenters. The van der Waals surface area contributed by atoms with Gasteiger partial charge >= 0.3 is 51.4 Å². The Hall–Kier alpha value is 1.51. The molecule has 0 radical (unpaired) electrons. The van der Waals surface area contributed by atoms with Gasteiger partial charge < -0.3 is 9.66 Å². The van der Waals surface area contributed by atoms with Gasteiger partial charge in [-0.25, -0.2) is 8.42 Å². The minimum atomic E-state index is -4.63.